The molecule has 1 aromatic rings. The van der Waals surface area contributed by atoms with Gasteiger partial charge >= 0.3 is 0 Å². The normalized spacial score (nSPS) is 17.6. The Labute approximate surface area is 125 Å². The van der Waals surface area contributed by atoms with E-state index in [1.807, 2.05) is 13.0 Å². The number of hydrogen-bond acceptors (Lipinski definition) is 2. The Morgan fingerprint density at radius 2 is 2.20 bits per heavy atom. The Hall–Kier alpha value is -1.13. The first-order valence-electron chi connectivity index (χ1n) is 6.83. The van der Waals surface area contributed by atoms with Gasteiger partial charge in [0.25, 0.3) is 0 Å². The lowest BCUT2D eigenvalue weighted by atomic mass is 9.63. The molecule has 3 nitrogen and oxygen atoms in total. The van der Waals surface area contributed by atoms with Gasteiger partial charge in [-0.1, -0.05) is 25.5 Å². The molecule has 0 spiro atoms. The molecule has 2 rings (SSSR count). The molecule has 0 bridgehead atoms. The average Bonchev–Trinajstić information content (AvgIpc) is 2.34. The van der Waals surface area contributed by atoms with Crippen molar-refractivity contribution >= 4 is 18.3 Å². The molecule has 1 atom stereocenters. The first-order valence-corrected chi connectivity index (χ1v) is 6.83. The van der Waals surface area contributed by atoms with Gasteiger partial charge in [0.2, 0.25) is 5.91 Å². The van der Waals surface area contributed by atoms with Crippen molar-refractivity contribution in [3.63, 3.8) is 0 Å². The Balaban J connectivity index is 0.00000200. The summed E-state index contributed by atoms with van der Waals surface area (Å²) in [5.41, 5.74) is 5.80. The molecule has 1 fully saturated rings. The lowest BCUT2D eigenvalue weighted by Crippen LogP contribution is -2.50. The summed E-state index contributed by atoms with van der Waals surface area (Å²) >= 11 is 0. The number of benzene rings is 1. The van der Waals surface area contributed by atoms with Gasteiger partial charge in [-0.05, 0) is 43.0 Å². The minimum atomic E-state index is -0.531. The number of carbonyl (C=O) groups is 1. The van der Waals surface area contributed by atoms with Gasteiger partial charge in [-0.25, -0.2) is 4.39 Å². The van der Waals surface area contributed by atoms with Crippen molar-refractivity contribution in [1.29, 1.82) is 0 Å². The summed E-state index contributed by atoms with van der Waals surface area (Å²) in [6.45, 7) is 3.12. The summed E-state index contributed by atoms with van der Waals surface area (Å²) in [5.74, 6) is -0.0230. The topological polar surface area (TPSA) is 55.1 Å². The Morgan fingerprint density at radius 1 is 1.50 bits per heavy atom. The van der Waals surface area contributed by atoms with Crippen molar-refractivity contribution in [2.24, 2.45) is 11.7 Å². The predicted molar refractivity (Wildman–Crippen MR) is 80.4 cm³/mol. The second-order valence-corrected chi connectivity index (χ2v) is 5.50. The summed E-state index contributed by atoms with van der Waals surface area (Å²) in [5, 5.41) is 2.95. The predicted octanol–water partition coefficient (Wildman–Crippen LogP) is 2.38. The molecular formula is C15H22ClFN2O. The lowest BCUT2D eigenvalue weighted by Gasteiger charge is -2.41. The van der Waals surface area contributed by atoms with Gasteiger partial charge in [0, 0.05) is 6.54 Å². The minimum absolute atomic E-state index is 0. The highest BCUT2D eigenvalue weighted by atomic mass is 35.5. The quantitative estimate of drug-likeness (QED) is 0.877. The number of nitrogens with two attached hydrogens (primary N) is 1. The van der Waals surface area contributed by atoms with E-state index in [1.165, 1.54) is 12.1 Å². The molecule has 1 amide bonds. The van der Waals surface area contributed by atoms with Crippen LogP contribution in [0.2, 0.25) is 0 Å². The van der Waals surface area contributed by atoms with E-state index >= 15 is 0 Å². The van der Waals surface area contributed by atoms with Crippen LogP contribution in [0.5, 0.6) is 0 Å². The molecule has 0 radical (unpaired) electrons. The van der Waals surface area contributed by atoms with E-state index in [1.54, 1.807) is 6.07 Å². The number of hydrogen-bond donors (Lipinski definition) is 2. The number of carbonyl (C=O) groups excluding carboxylic acids is 1. The van der Waals surface area contributed by atoms with Crippen molar-refractivity contribution in [1.82, 2.24) is 5.32 Å². The molecule has 0 heterocycles. The van der Waals surface area contributed by atoms with Crippen LogP contribution in [0.1, 0.15) is 31.7 Å². The van der Waals surface area contributed by atoms with E-state index < -0.39 is 5.41 Å². The van der Waals surface area contributed by atoms with Crippen LogP contribution in [-0.2, 0) is 10.2 Å². The number of amides is 1. The van der Waals surface area contributed by atoms with Gasteiger partial charge < -0.3 is 11.1 Å². The van der Waals surface area contributed by atoms with Crippen LogP contribution in [0.15, 0.2) is 24.3 Å². The molecule has 0 saturated heterocycles. The maximum absolute atomic E-state index is 13.3. The summed E-state index contributed by atoms with van der Waals surface area (Å²) in [7, 11) is 0. The van der Waals surface area contributed by atoms with Crippen molar-refractivity contribution in [3.05, 3.63) is 35.6 Å². The maximum Gasteiger partial charge on any atom is 0.230 e. The van der Waals surface area contributed by atoms with Crippen molar-refractivity contribution < 1.29 is 9.18 Å². The lowest BCUT2D eigenvalue weighted by molar-refractivity contribution is -0.130. The summed E-state index contributed by atoms with van der Waals surface area (Å²) < 4.78 is 13.3. The average molecular weight is 301 g/mol. The number of halogens is 2. The third kappa shape index (κ3) is 3.30. The van der Waals surface area contributed by atoms with Crippen LogP contribution in [0, 0.1) is 11.7 Å². The molecule has 3 N–H and O–H groups in total. The highest BCUT2D eigenvalue weighted by molar-refractivity contribution is 5.89. The fraction of sp³-hybridized carbons (Fsp3) is 0.533. The van der Waals surface area contributed by atoms with Crippen LogP contribution in [0.3, 0.4) is 0 Å². The molecule has 1 unspecified atom stereocenters. The zero-order valence-electron chi connectivity index (χ0n) is 11.7. The van der Waals surface area contributed by atoms with E-state index in [0.29, 0.717) is 13.1 Å². The fourth-order valence-corrected chi connectivity index (χ4v) is 2.48. The molecule has 5 heteroatoms. The minimum Gasteiger partial charge on any atom is -0.355 e. The van der Waals surface area contributed by atoms with Gasteiger partial charge in [-0.2, -0.15) is 0 Å². The van der Waals surface area contributed by atoms with Gasteiger partial charge in [0.1, 0.15) is 5.82 Å². The van der Waals surface area contributed by atoms with Crippen LogP contribution < -0.4 is 11.1 Å². The van der Waals surface area contributed by atoms with Crippen molar-refractivity contribution in [3.8, 4) is 0 Å². The third-order valence-electron chi connectivity index (χ3n) is 4.03. The molecular weight excluding hydrogens is 279 g/mol. The third-order valence-corrected chi connectivity index (χ3v) is 4.03. The summed E-state index contributed by atoms with van der Waals surface area (Å²) in [6.07, 6.45) is 2.59. The number of nitrogens with one attached hydrogen (secondary N) is 1. The molecule has 1 aromatic carbocycles. The van der Waals surface area contributed by atoms with E-state index in [4.69, 9.17) is 5.73 Å². The first-order chi connectivity index (χ1) is 9.08. The zero-order valence-corrected chi connectivity index (χ0v) is 12.5. The molecule has 0 aliphatic heterocycles. The Morgan fingerprint density at radius 3 is 2.70 bits per heavy atom. The van der Waals surface area contributed by atoms with Crippen LogP contribution in [0.25, 0.3) is 0 Å². The second-order valence-electron chi connectivity index (χ2n) is 5.50. The summed E-state index contributed by atoms with van der Waals surface area (Å²) in [6, 6.07) is 6.39. The SMILES string of the molecule is CC(CN)CNC(=O)C1(c2cccc(F)c2)CCC1.Cl. The van der Waals surface area contributed by atoms with E-state index in [-0.39, 0.29) is 30.0 Å². The van der Waals surface area contributed by atoms with E-state index in [0.717, 1.165) is 24.8 Å². The molecule has 1 saturated carbocycles. The van der Waals surface area contributed by atoms with Crippen LogP contribution in [0.4, 0.5) is 4.39 Å². The van der Waals surface area contributed by atoms with Gasteiger partial charge in [0.15, 0.2) is 0 Å². The zero-order chi connectivity index (χ0) is 13.9. The molecule has 112 valence electrons. The van der Waals surface area contributed by atoms with Gasteiger partial charge in [0.05, 0.1) is 5.41 Å². The standard InChI is InChI=1S/C15H21FN2O.ClH/c1-11(9-17)10-18-14(19)15(6-3-7-15)12-4-2-5-13(16)8-12;/h2,4-5,8,11H,3,6-7,9-10,17H2,1H3,(H,18,19);1H. The number of rotatable bonds is 5. The van der Waals surface area contributed by atoms with Crippen LogP contribution in [-0.4, -0.2) is 19.0 Å². The monoisotopic (exact) mass is 300 g/mol. The Kier molecular flexibility index (Phi) is 5.96. The maximum atomic E-state index is 13.3. The van der Waals surface area contributed by atoms with Gasteiger partial charge in [-0.3, -0.25) is 4.79 Å². The smallest absolute Gasteiger partial charge is 0.230 e. The second kappa shape index (κ2) is 7.04. The highest BCUT2D eigenvalue weighted by Crippen LogP contribution is 2.44. The molecule has 0 aromatic heterocycles. The Bertz CT molecular complexity index is 463. The van der Waals surface area contributed by atoms with Crippen molar-refractivity contribution in [2.45, 2.75) is 31.6 Å². The molecule has 1 aliphatic rings. The molecule has 1 aliphatic carbocycles. The van der Waals surface area contributed by atoms with E-state index in [2.05, 4.69) is 5.32 Å². The van der Waals surface area contributed by atoms with E-state index in [9.17, 15) is 9.18 Å². The van der Waals surface area contributed by atoms with Gasteiger partial charge in [-0.15, -0.1) is 12.4 Å². The fourth-order valence-electron chi connectivity index (χ4n) is 2.48. The summed E-state index contributed by atoms with van der Waals surface area (Å²) in [4.78, 5) is 12.4. The van der Waals surface area contributed by atoms with Crippen LogP contribution >= 0.6 is 12.4 Å². The highest BCUT2D eigenvalue weighted by Gasteiger charge is 2.45. The van der Waals surface area contributed by atoms with Crippen molar-refractivity contribution in [2.75, 3.05) is 13.1 Å². The largest absolute Gasteiger partial charge is 0.355 e. The molecule has 20 heavy (non-hydrogen) atoms. The first kappa shape index (κ1) is 16.9.